The summed E-state index contributed by atoms with van der Waals surface area (Å²) >= 11 is 0. The number of para-hydroxylation sites is 1. The van der Waals surface area contributed by atoms with Crippen LogP contribution in [0.3, 0.4) is 0 Å². The van der Waals surface area contributed by atoms with Crippen molar-refractivity contribution in [1.29, 1.82) is 0 Å². The first kappa shape index (κ1) is 24.9. The Morgan fingerprint density at radius 1 is 1.19 bits per heavy atom. The maximum atomic E-state index is 13.3. The number of hydrogen-bond acceptors (Lipinski definition) is 7. The van der Waals surface area contributed by atoms with Crippen molar-refractivity contribution in [2.24, 2.45) is 5.73 Å². The molecule has 12 heteroatoms. The molecule has 3 unspecified atom stereocenters. The number of anilines is 1. The molecule has 0 saturated carbocycles. The highest BCUT2D eigenvalue weighted by Crippen LogP contribution is 2.26. The van der Waals surface area contributed by atoms with Gasteiger partial charge in [-0.1, -0.05) is 12.1 Å². The Morgan fingerprint density at radius 3 is 2.67 bits per heavy atom. The molecule has 2 fully saturated rings. The summed E-state index contributed by atoms with van der Waals surface area (Å²) in [7, 11) is 0. The second-order valence-corrected chi connectivity index (χ2v) is 9.00. The highest BCUT2D eigenvalue weighted by molar-refractivity contribution is 6.04. The number of hydrogen-bond donors (Lipinski definition) is 4. The number of amides is 5. The number of benzene rings is 1. The fourth-order valence-corrected chi connectivity index (χ4v) is 4.64. The molecule has 2 aromatic rings. The number of fused-ring (bicyclic) bond motifs is 1. The number of nitrogens with one attached hydrogen (secondary N) is 3. The normalized spacial score (nSPS) is 20.1. The van der Waals surface area contributed by atoms with Crippen LogP contribution in [0, 0.1) is 6.92 Å². The van der Waals surface area contributed by atoms with E-state index in [9.17, 15) is 28.8 Å². The van der Waals surface area contributed by atoms with E-state index in [-0.39, 0.29) is 36.6 Å². The molecule has 0 spiro atoms. The molecule has 3 atom stereocenters. The van der Waals surface area contributed by atoms with E-state index in [1.54, 1.807) is 25.1 Å². The van der Waals surface area contributed by atoms with Gasteiger partial charge >= 0.3 is 5.63 Å². The Balaban J connectivity index is 1.52. The van der Waals surface area contributed by atoms with Crippen LogP contribution in [-0.2, 0) is 24.0 Å². The van der Waals surface area contributed by atoms with Crippen molar-refractivity contribution in [1.82, 2.24) is 15.5 Å². The molecule has 190 valence electrons. The van der Waals surface area contributed by atoms with Crippen molar-refractivity contribution in [3.63, 3.8) is 0 Å². The summed E-state index contributed by atoms with van der Waals surface area (Å²) in [4.78, 5) is 75.4. The van der Waals surface area contributed by atoms with Crippen LogP contribution in [0.4, 0.5) is 5.69 Å². The van der Waals surface area contributed by atoms with E-state index < -0.39 is 53.8 Å². The molecule has 0 bridgehead atoms. The molecular weight excluding hydrogens is 470 g/mol. The maximum absolute atomic E-state index is 13.3. The molecule has 1 aromatic heterocycles. The highest BCUT2D eigenvalue weighted by atomic mass is 16.4. The lowest BCUT2D eigenvalue weighted by Crippen LogP contribution is -2.56. The molecule has 0 aliphatic carbocycles. The van der Waals surface area contributed by atoms with Crippen molar-refractivity contribution in [3.05, 3.63) is 40.2 Å². The Hall–Kier alpha value is -4.22. The van der Waals surface area contributed by atoms with Crippen LogP contribution in [-0.4, -0.2) is 59.1 Å². The molecule has 5 N–H and O–H groups in total. The third kappa shape index (κ3) is 5.21. The summed E-state index contributed by atoms with van der Waals surface area (Å²) in [5.41, 5.74) is 5.96. The van der Waals surface area contributed by atoms with Crippen LogP contribution in [0.15, 0.2) is 33.5 Å². The predicted molar refractivity (Wildman–Crippen MR) is 127 cm³/mol. The van der Waals surface area contributed by atoms with Gasteiger partial charge in [-0.05, 0) is 37.8 Å². The third-order valence-electron chi connectivity index (χ3n) is 6.40. The summed E-state index contributed by atoms with van der Waals surface area (Å²) in [5.74, 6) is -2.79. The van der Waals surface area contributed by atoms with Gasteiger partial charge in [-0.15, -0.1) is 0 Å². The molecule has 5 amide bonds. The van der Waals surface area contributed by atoms with Crippen molar-refractivity contribution in [2.75, 3.05) is 11.9 Å². The Morgan fingerprint density at radius 2 is 1.97 bits per heavy atom. The number of rotatable bonds is 7. The van der Waals surface area contributed by atoms with Gasteiger partial charge in [0.15, 0.2) is 5.58 Å². The molecule has 2 aliphatic rings. The number of aryl methyl sites for hydroxylation is 1. The summed E-state index contributed by atoms with van der Waals surface area (Å²) in [5, 5.41) is 8.42. The second-order valence-electron chi connectivity index (χ2n) is 9.00. The first-order valence-electron chi connectivity index (χ1n) is 11.7. The lowest BCUT2D eigenvalue weighted by molar-refractivity contribution is -0.141. The largest absolute Gasteiger partial charge is 0.420 e. The zero-order chi connectivity index (χ0) is 26.0. The van der Waals surface area contributed by atoms with E-state index >= 15 is 0 Å². The number of carbonyl (C=O) groups is 5. The van der Waals surface area contributed by atoms with Crippen LogP contribution < -0.4 is 27.3 Å². The van der Waals surface area contributed by atoms with Gasteiger partial charge in [0.05, 0.1) is 12.1 Å². The van der Waals surface area contributed by atoms with E-state index in [0.29, 0.717) is 23.8 Å². The standard InChI is InChI=1S/C24H27N5O7/c1-12-10-20(32)36-21-13(12)4-2-5-14(21)27-23(34)17-6-3-9-29(17)24(35)16(11-18(25)30)28-22(33)15-7-8-19(31)26-15/h2,4-5,10,15-17H,3,6-9,11H2,1H3,(H2,25,30)(H,26,31)(H,27,34)(H,28,33). The highest BCUT2D eigenvalue weighted by Gasteiger charge is 2.39. The summed E-state index contributed by atoms with van der Waals surface area (Å²) in [6, 6.07) is 3.47. The van der Waals surface area contributed by atoms with Gasteiger partial charge in [0.25, 0.3) is 0 Å². The van der Waals surface area contributed by atoms with E-state index in [1.165, 1.54) is 11.0 Å². The quantitative estimate of drug-likeness (QED) is 0.378. The fourth-order valence-electron chi connectivity index (χ4n) is 4.64. The maximum Gasteiger partial charge on any atom is 0.336 e. The summed E-state index contributed by atoms with van der Waals surface area (Å²) in [6.07, 6.45) is 0.904. The molecule has 2 saturated heterocycles. The Kier molecular flexibility index (Phi) is 7.04. The fraction of sp³-hybridized carbons (Fsp3) is 0.417. The molecule has 12 nitrogen and oxygen atoms in total. The second kappa shape index (κ2) is 10.2. The molecule has 1 aromatic carbocycles. The van der Waals surface area contributed by atoms with Gasteiger partial charge in [-0.2, -0.15) is 0 Å². The minimum atomic E-state index is -1.28. The Bertz CT molecular complexity index is 1300. The summed E-state index contributed by atoms with van der Waals surface area (Å²) < 4.78 is 5.31. The SMILES string of the molecule is Cc1cc(=O)oc2c(NC(=O)C3CCCN3C(=O)C(CC(N)=O)NC(=O)C3CCC(=O)N3)cccc12. The lowest BCUT2D eigenvalue weighted by atomic mass is 10.1. The van der Waals surface area contributed by atoms with Gasteiger partial charge in [-0.3, -0.25) is 24.0 Å². The number of likely N-dealkylation sites (tertiary alicyclic amines) is 1. The van der Waals surface area contributed by atoms with Gasteiger partial charge in [0, 0.05) is 24.4 Å². The molecule has 0 radical (unpaired) electrons. The predicted octanol–water partition coefficient (Wildman–Crippen LogP) is -0.330. The number of carbonyl (C=O) groups excluding carboxylic acids is 5. The minimum absolute atomic E-state index is 0.189. The lowest BCUT2D eigenvalue weighted by Gasteiger charge is -2.29. The molecule has 4 rings (SSSR count). The van der Waals surface area contributed by atoms with Crippen molar-refractivity contribution in [2.45, 2.75) is 57.2 Å². The number of primary amides is 1. The van der Waals surface area contributed by atoms with Crippen LogP contribution >= 0.6 is 0 Å². The average Bonchev–Trinajstić information content (AvgIpc) is 3.48. The van der Waals surface area contributed by atoms with Crippen LogP contribution in [0.5, 0.6) is 0 Å². The average molecular weight is 498 g/mol. The Labute approximate surface area is 205 Å². The molecule has 2 aliphatic heterocycles. The first-order chi connectivity index (χ1) is 17.1. The minimum Gasteiger partial charge on any atom is -0.420 e. The van der Waals surface area contributed by atoms with Gasteiger partial charge in [-0.25, -0.2) is 4.79 Å². The van der Waals surface area contributed by atoms with Crippen molar-refractivity contribution < 1.29 is 28.4 Å². The number of nitrogens with two attached hydrogens (primary N) is 1. The van der Waals surface area contributed by atoms with Gasteiger partial charge in [0.2, 0.25) is 29.5 Å². The van der Waals surface area contributed by atoms with Crippen molar-refractivity contribution >= 4 is 46.2 Å². The van der Waals surface area contributed by atoms with E-state index in [2.05, 4.69) is 16.0 Å². The topological polar surface area (TPSA) is 181 Å². The van der Waals surface area contributed by atoms with E-state index in [1.807, 2.05) is 0 Å². The zero-order valence-electron chi connectivity index (χ0n) is 19.7. The van der Waals surface area contributed by atoms with Gasteiger partial charge < -0.3 is 31.0 Å². The van der Waals surface area contributed by atoms with Crippen LogP contribution in [0.1, 0.15) is 37.7 Å². The molecule has 3 heterocycles. The first-order valence-corrected chi connectivity index (χ1v) is 11.7. The van der Waals surface area contributed by atoms with E-state index in [4.69, 9.17) is 10.2 Å². The molecular formula is C24H27N5O7. The van der Waals surface area contributed by atoms with Crippen LogP contribution in [0.2, 0.25) is 0 Å². The number of nitrogens with zero attached hydrogens (tertiary/aromatic N) is 1. The smallest absolute Gasteiger partial charge is 0.336 e. The third-order valence-corrected chi connectivity index (χ3v) is 6.40. The zero-order valence-corrected chi connectivity index (χ0v) is 19.7. The van der Waals surface area contributed by atoms with E-state index in [0.717, 1.165) is 0 Å². The van der Waals surface area contributed by atoms with Crippen molar-refractivity contribution in [3.8, 4) is 0 Å². The monoisotopic (exact) mass is 497 g/mol. The molecule has 36 heavy (non-hydrogen) atoms. The van der Waals surface area contributed by atoms with Gasteiger partial charge in [0.1, 0.15) is 18.1 Å². The van der Waals surface area contributed by atoms with Crippen LogP contribution in [0.25, 0.3) is 11.0 Å². The summed E-state index contributed by atoms with van der Waals surface area (Å²) in [6.45, 7) is 2.00.